The van der Waals surface area contributed by atoms with Gasteiger partial charge in [0, 0.05) is 12.0 Å². The molecule has 0 fully saturated rings. The Kier molecular flexibility index (Phi) is 4.57. The highest BCUT2D eigenvalue weighted by atomic mass is 16.5. The highest BCUT2D eigenvalue weighted by Crippen LogP contribution is 2.15. The van der Waals surface area contributed by atoms with Crippen LogP contribution in [-0.4, -0.2) is 25.0 Å². The molecule has 1 N–H and O–H groups in total. The second-order valence-corrected chi connectivity index (χ2v) is 4.52. The number of rotatable bonds is 4. The number of nitrogens with one attached hydrogen (secondary N) is 1. The summed E-state index contributed by atoms with van der Waals surface area (Å²) in [6, 6.07) is 12.2. The number of hydrogen-bond acceptors (Lipinski definition) is 3. The van der Waals surface area contributed by atoms with Gasteiger partial charge in [0.05, 0.1) is 7.11 Å². The lowest BCUT2D eigenvalue weighted by molar-refractivity contribution is -0.142. The fourth-order valence-electron chi connectivity index (χ4n) is 2.03. The Labute approximate surface area is 123 Å². The molecule has 0 aliphatic heterocycles. The van der Waals surface area contributed by atoms with Crippen LogP contribution in [0.1, 0.15) is 16.8 Å². The van der Waals surface area contributed by atoms with E-state index in [0.29, 0.717) is 5.56 Å². The summed E-state index contributed by atoms with van der Waals surface area (Å²) in [6.45, 7) is 0. The number of hydrogen-bond donors (Lipinski definition) is 1. The third kappa shape index (κ3) is 3.40. The monoisotopic (exact) mass is 281 g/mol. The number of carbonyl (C=O) groups excluding carboxylic acids is 2. The molecule has 2 aromatic rings. The molecule has 1 atom stereocenters. The van der Waals surface area contributed by atoms with Crippen LogP contribution in [0.2, 0.25) is 0 Å². The van der Waals surface area contributed by atoms with Crippen molar-refractivity contribution in [1.82, 2.24) is 5.32 Å². The number of amides is 1. The first-order valence-corrected chi connectivity index (χ1v) is 6.46. The summed E-state index contributed by atoms with van der Waals surface area (Å²) in [4.78, 5) is 23.8. The fraction of sp³-hybridized carbons (Fsp3) is 0.176. The van der Waals surface area contributed by atoms with Crippen molar-refractivity contribution in [1.29, 1.82) is 0 Å². The number of ether oxygens (including phenoxy) is 1. The van der Waals surface area contributed by atoms with Gasteiger partial charge in [0.2, 0.25) is 0 Å². The normalized spacial score (nSPS) is 11.4. The predicted octanol–water partition coefficient (Wildman–Crippen LogP) is 2.13. The largest absolute Gasteiger partial charge is 0.467 e. The molecule has 2 rings (SSSR count). The summed E-state index contributed by atoms with van der Waals surface area (Å²) in [7, 11) is 1.26. The Morgan fingerprint density at radius 2 is 1.95 bits per heavy atom. The molecule has 0 radical (unpaired) electrons. The summed E-state index contributed by atoms with van der Waals surface area (Å²) in [5.74, 6) is 1.45. The van der Waals surface area contributed by atoms with Crippen molar-refractivity contribution < 1.29 is 14.3 Å². The van der Waals surface area contributed by atoms with Gasteiger partial charge in [-0.2, -0.15) is 0 Å². The van der Waals surface area contributed by atoms with Crippen LogP contribution in [0.25, 0.3) is 10.8 Å². The van der Waals surface area contributed by atoms with Crippen LogP contribution in [0.3, 0.4) is 0 Å². The lowest BCUT2D eigenvalue weighted by atomic mass is 10.1. The standard InChI is InChI=1S/C17H15NO3/c1-3-6-15(17(20)21-2)18-16(19)14-10-9-12-7-4-5-8-13(12)11-14/h1,4-5,7-11,15H,6H2,2H3,(H,18,19)/t15-/m1/s1. The van der Waals surface area contributed by atoms with E-state index in [-0.39, 0.29) is 12.3 Å². The highest BCUT2D eigenvalue weighted by Gasteiger charge is 2.21. The Morgan fingerprint density at radius 1 is 1.24 bits per heavy atom. The first-order valence-electron chi connectivity index (χ1n) is 6.46. The molecule has 1 amide bonds. The molecule has 0 bridgehead atoms. The zero-order valence-electron chi connectivity index (χ0n) is 11.6. The van der Waals surface area contributed by atoms with Gasteiger partial charge in [-0.3, -0.25) is 4.79 Å². The Hall–Kier alpha value is -2.80. The topological polar surface area (TPSA) is 55.4 Å². The first-order chi connectivity index (χ1) is 10.2. The zero-order valence-corrected chi connectivity index (χ0v) is 11.6. The minimum absolute atomic E-state index is 0.0893. The maximum absolute atomic E-state index is 12.2. The Bertz CT molecular complexity index is 715. The molecule has 0 aromatic heterocycles. The molecule has 21 heavy (non-hydrogen) atoms. The molecule has 0 saturated heterocycles. The molecule has 0 unspecified atom stereocenters. The summed E-state index contributed by atoms with van der Waals surface area (Å²) in [5, 5.41) is 4.59. The zero-order chi connectivity index (χ0) is 15.2. The van der Waals surface area contributed by atoms with E-state index in [1.807, 2.05) is 30.3 Å². The van der Waals surface area contributed by atoms with Crippen molar-refractivity contribution in [3.63, 3.8) is 0 Å². The molecule has 0 spiro atoms. The summed E-state index contributed by atoms with van der Waals surface area (Å²) in [5.41, 5.74) is 0.472. The summed E-state index contributed by atoms with van der Waals surface area (Å²) >= 11 is 0. The second kappa shape index (κ2) is 6.58. The highest BCUT2D eigenvalue weighted by molar-refractivity contribution is 6.00. The molecule has 4 heteroatoms. The first kappa shape index (κ1) is 14.6. The molecular formula is C17H15NO3. The van der Waals surface area contributed by atoms with E-state index in [9.17, 15) is 9.59 Å². The summed E-state index contributed by atoms with van der Waals surface area (Å²) in [6.07, 6.45) is 5.29. The molecule has 0 aliphatic carbocycles. The number of esters is 1. The number of benzene rings is 2. The number of carbonyl (C=O) groups is 2. The van der Waals surface area contributed by atoms with E-state index in [4.69, 9.17) is 6.42 Å². The molecule has 4 nitrogen and oxygen atoms in total. The fourth-order valence-corrected chi connectivity index (χ4v) is 2.03. The summed E-state index contributed by atoms with van der Waals surface area (Å²) < 4.78 is 4.62. The van der Waals surface area contributed by atoms with Gasteiger partial charge in [0.15, 0.2) is 0 Å². The van der Waals surface area contributed by atoms with E-state index in [0.717, 1.165) is 10.8 Å². The van der Waals surface area contributed by atoms with Crippen molar-refractivity contribution in [3.8, 4) is 12.3 Å². The van der Waals surface area contributed by atoms with Crippen molar-refractivity contribution in [3.05, 3.63) is 48.0 Å². The maximum atomic E-state index is 12.2. The minimum Gasteiger partial charge on any atom is -0.467 e. The molecule has 0 heterocycles. The third-order valence-electron chi connectivity index (χ3n) is 3.12. The van der Waals surface area contributed by atoms with Gasteiger partial charge in [-0.05, 0) is 22.9 Å². The minimum atomic E-state index is -0.834. The van der Waals surface area contributed by atoms with Gasteiger partial charge in [-0.15, -0.1) is 12.3 Å². The van der Waals surface area contributed by atoms with Gasteiger partial charge in [0.25, 0.3) is 5.91 Å². The predicted molar refractivity (Wildman–Crippen MR) is 80.7 cm³/mol. The van der Waals surface area contributed by atoms with E-state index in [1.54, 1.807) is 12.1 Å². The van der Waals surface area contributed by atoms with Crippen LogP contribution < -0.4 is 5.32 Å². The van der Waals surface area contributed by atoms with Crippen molar-refractivity contribution in [2.45, 2.75) is 12.5 Å². The van der Waals surface area contributed by atoms with E-state index in [2.05, 4.69) is 16.0 Å². The average molecular weight is 281 g/mol. The van der Waals surface area contributed by atoms with E-state index in [1.165, 1.54) is 7.11 Å². The lowest BCUT2D eigenvalue weighted by Gasteiger charge is -2.14. The van der Waals surface area contributed by atoms with Crippen molar-refractivity contribution in [2.75, 3.05) is 7.11 Å². The van der Waals surface area contributed by atoms with E-state index >= 15 is 0 Å². The van der Waals surface area contributed by atoms with Crippen LogP contribution in [0.5, 0.6) is 0 Å². The van der Waals surface area contributed by atoms with Crippen LogP contribution in [0, 0.1) is 12.3 Å². The third-order valence-corrected chi connectivity index (χ3v) is 3.12. The Balaban J connectivity index is 2.21. The molecular weight excluding hydrogens is 266 g/mol. The average Bonchev–Trinajstić information content (AvgIpc) is 2.53. The lowest BCUT2D eigenvalue weighted by Crippen LogP contribution is -2.41. The van der Waals surface area contributed by atoms with Gasteiger partial charge >= 0.3 is 5.97 Å². The molecule has 0 aliphatic rings. The van der Waals surface area contributed by atoms with Crippen LogP contribution in [0.15, 0.2) is 42.5 Å². The Morgan fingerprint density at radius 3 is 2.62 bits per heavy atom. The molecule has 2 aromatic carbocycles. The quantitative estimate of drug-likeness (QED) is 0.690. The SMILES string of the molecule is C#CC[C@@H](NC(=O)c1ccc2ccccc2c1)C(=O)OC. The van der Waals surface area contributed by atoms with Crippen LogP contribution >= 0.6 is 0 Å². The smallest absolute Gasteiger partial charge is 0.329 e. The number of terminal acetylenes is 1. The van der Waals surface area contributed by atoms with Crippen molar-refractivity contribution >= 4 is 22.6 Å². The second-order valence-electron chi connectivity index (χ2n) is 4.52. The van der Waals surface area contributed by atoms with E-state index < -0.39 is 12.0 Å². The van der Waals surface area contributed by atoms with Gasteiger partial charge in [-0.25, -0.2) is 4.79 Å². The molecule has 106 valence electrons. The van der Waals surface area contributed by atoms with Crippen LogP contribution in [-0.2, 0) is 9.53 Å². The van der Waals surface area contributed by atoms with Gasteiger partial charge < -0.3 is 10.1 Å². The van der Waals surface area contributed by atoms with Crippen LogP contribution in [0.4, 0.5) is 0 Å². The van der Waals surface area contributed by atoms with Crippen molar-refractivity contribution in [2.24, 2.45) is 0 Å². The molecule has 0 saturated carbocycles. The van der Waals surface area contributed by atoms with Gasteiger partial charge in [-0.1, -0.05) is 30.3 Å². The maximum Gasteiger partial charge on any atom is 0.329 e. The number of fused-ring (bicyclic) bond motifs is 1. The van der Waals surface area contributed by atoms with Gasteiger partial charge in [0.1, 0.15) is 6.04 Å². The number of methoxy groups -OCH3 is 1.